The molecular weight excluding hydrogens is 242 g/mol. The predicted octanol–water partition coefficient (Wildman–Crippen LogP) is 2.52. The molecule has 0 amide bonds. The van der Waals surface area contributed by atoms with Crippen LogP contribution in [0.25, 0.3) is 0 Å². The third-order valence-electron chi connectivity index (χ3n) is 2.64. The Morgan fingerprint density at radius 1 is 1.32 bits per heavy atom. The number of nitrogens with one attached hydrogen (secondary N) is 1. The molecule has 0 fully saturated rings. The molecule has 0 saturated heterocycles. The third-order valence-corrected chi connectivity index (χ3v) is 2.64. The van der Waals surface area contributed by atoms with Crippen molar-refractivity contribution in [2.75, 3.05) is 13.2 Å². The molecule has 0 saturated carbocycles. The fourth-order valence-electron chi connectivity index (χ4n) is 1.66. The lowest BCUT2D eigenvalue weighted by Gasteiger charge is -2.16. The first kappa shape index (κ1) is 15.5. The van der Waals surface area contributed by atoms with E-state index in [-0.39, 0.29) is 5.97 Å². The van der Waals surface area contributed by atoms with E-state index in [1.54, 1.807) is 13.8 Å². The van der Waals surface area contributed by atoms with Crippen LogP contribution in [-0.4, -0.2) is 25.2 Å². The van der Waals surface area contributed by atoms with E-state index in [1.807, 2.05) is 24.3 Å². The molecule has 19 heavy (non-hydrogen) atoms. The molecule has 0 heterocycles. The Kier molecular flexibility index (Phi) is 6.97. The summed E-state index contributed by atoms with van der Waals surface area (Å²) in [5, 5.41) is 3.32. The van der Waals surface area contributed by atoms with Crippen LogP contribution < -0.4 is 10.1 Å². The summed E-state index contributed by atoms with van der Waals surface area (Å²) in [6.07, 6.45) is 0.495. The zero-order chi connectivity index (χ0) is 14.1. The number of rotatable bonds is 8. The summed E-state index contributed by atoms with van der Waals surface area (Å²) in [5.41, 5.74) is 1.05. The SMILES string of the molecule is CCCNCc1ccccc1OC(C)C(=O)OCC. The minimum atomic E-state index is -0.590. The third kappa shape index (κ3) is 5.30. The zero-order valence-electron chi connectivity index (χ0n) is 11.9. The first-order valence-electron chi connectivity index (χ1n) is 6.80. The molecule has 0 aliphatic heterocycles. The van der Waals surface area contributed by atoms with Crippen molar-refractivity contribution in [1.82, 2.24) is 5.32 Å². The summed E-state index contributed by atoms with van der Waals surface area (Å²) in [4.78, 5) is 11.6. The minimum absolute atomic E-state index is 0.334. The van der Waals surface area contributed by atoms with Crippen LogP contribution in [0.3, 0.4) is 0 Å². The molecule has 0 aromatic heterocycles. The van der Waals surface area contributed by atoms with Crippen molar-refractivity contribution in [3.63, 3.8) is 0 Å². The van der Waals surface area contributed by atoms with Crippen LogP contribution in [-0.2, 0) is 16.1 Å². The van der Waals surface area contributed by atoms with Gasteiger partial charge in [0, 0.05) is 12.1 Å². The fraction of sp³-hybridized carbons (Fsp3) is 0.533. The number of para-hydroxylation sites is 1. The Balaban J connectivity index is 2.63. The normalized spacial score (nSPS) is 11.9. The standard InChI is InChI=1S/C15H23NO3/c1-4-10-16-11-13-8-6-7-9-14(13)19-12(3)15(17)18-5-2/h6-9,12,16H,4-5,10-11H2,1-3H3. The van der Waals surface area contributed by atoms with Crippen LogP contribution >= 0.6 is 0 Å². The highest BCUT2D eigenvalue weighted by atomic mass is 16.6. The van der Waals surface area contributed by atoms with Gasteiger partial charge < -0.3 is 14.8 Å². The van der Waals surface area contributed by atoms with E-state index in [1.165, 1.54) is 0 Å². The molecule has 106 valence electrons. The summed E-state index contributed by atoms with van der Waals surface area (Å²) in [7, 11) is 0. The number of ether oxygens (including phenoxy) is 2. The Hall–Kier alpha value is -1.55. The zero-order valence-corrected chi connectivity index (χ0v) is 11.9. The van der Waals surface area contributed by atoms with Gasteiger partial charge in [-0.1, -0.05) is 25.1 Å². The van der Waals surface area contributed by atoms with Gasteiger partial charge in [0.05, 0.1) is 6.61 Å². The van der Waals surface area contributed by atoms with E-state index in [2.05, 4.69) is 12.2 Å². The predicted molar refractivity (Wildman–Crippen MR) is 75.2 cm³/mol. The quantitative estimate of drug-likeness (QED) is 0.579. The van der Waals surface area contributed by atoms with Gasteiger partial charge >= 0.3 is 5.97 Å². The van der Waals surface area contributed by atoms with Gasteiger partial charge in [-0.05, 0) is 32.9 Å². The van der Waals surface area contributed by atoms with E-state index in [4.69, 9.17) is 9.47 Å². The highest BCUT2D eigenvalue weighted by Crippen LogP contribution is 2.19. The second-order valence-electron chi connectivity index (χ2n) is 4.30. The molecule has 0 aliphatic rings. The Morgan fingerprint density at radius 3 is 2.74 bits per heavy atom. The number of hydrogen-bond donors (Lipinski definition) is 1. The van der Waals surface area contributed by atoms with Crippen LogP contribution in [0.2, 0.25) is 0 Å². The van der Waals surface area contributed by atoms with E-state index in [0.29, 0.717) is 6.61 Å². The lowest BCUT2D eigenvalue weighted by Crippen LogP contribution is -2.26. The van der Waals surface area contributed by atoms with Gasteiger partial charge in [0.1, 0.15) is 5.75 Å². The number of hydrogen-bond acceptors (Lipinski definition) is 4. The van der Waals surface area contributed by atoms with Crippen molar-refractivity contribution >= 4 is 5.97 Å². The lowest BCUT2D eigenvalue weighted by atomic mass is 10.2. The lowest BCUT2D eigenvalue weighted by molar-refractivity contribution is -0.150. The van der Waals surface area contributed by atoms with Gasteiger partial charge in [-0.3, -0.25) is 0 Å². The number of carbonyl (C=O) groups excluding carboxylic acids is 1. The number of esters is 1. The molecule has 0 radical (unpaired) electrons. The second kappa shape index (κ2) is 8.53. The maximum atomic E-state index is 11.6. The maximum Gasteiger partial charge on any atom is 0.347 e. The topological polar surface area (TPSA) is 47.6 Å². The van der Waals surface area contributed by atoms with Crippen LogP contribution in [0, 0.1) is 0 Å². The van der Waals surface area contributed by atoms with Crippen LogP contribution in [0.15, 0.2) is 24.3 Å². The van der Waals surface area contributed by atoms with Gasteiger partial charge in [-0.25, -0.2) is 4.79 Å². The maximum absolute atomic E-state index is 11.6. The molecule has 0 spiro atoms. The summed E-state index contributed by atoms with van der Waals surface area (Å²) in [5.74, 6) is 0.394. The molecule has 1 atom stereocenters. The molecule has 4 nitrogen and oxygen atoms in total. The number of benzene rings is 1. The van der Waals surface area contributed by atoms with Gasteiger partial charge in [-0.2, -0.15) is 0 Å². The first-order chi connectivity index (χ1) is 9.19. The van der Waals surface area contributed by atoms with Crippen molar-refractivity contribution in [2.24, 2.45) is 0 Å². The van der Waals surface area contributed by atoms with Crippen LogP contribution in [0.1, 0.15) is 32.8 Å². The van der Waals surface area contributed by atoms with E-state index >= 15 is 0 Å². The minimum Gasteiger partial charge on any atom is -0.479 e. The molecule has 0 aliphatic carbocycles. The van der Waals surface area contributed by atoms with E-state index < -0.39 is 6.10 Å². The Morgan fingerprint density at radius 2 is 2.05 bits per heavy atom. The van der Waals surface area contributed by atoms with Gasteiger partial charge in [0.25, 0.3) is 0 Å². The van der Waals surface area contributed by atoms with Crippen LogP contribution in [0.5, 0.6) is 5.75 Å². The van der Waals surface area contributed by atoms with Gasteiger partial charge in [-0.15, -0.1) is 0 Å². The average Bonchev–Trinajstić information content (AvgIpc) is 2.41. The first-order valence-corrected chi connectivity index (χ1v) is 6.80. The van der Waals surface area contributed by atoms with Crippen molar-refractivity contribution in [3.8, 4) is 5.75 Å². The molecule has 1 unspecified atom stereocenters. The van der Waals surface area contributed by atoms with Crippen molar-refractivity contribution in [2.45, 2.75) is 39.8 Å². The molecule has 1 aromatic carbocycles. The fourth-order valence-corrected chi connectivity index (χ4v) is 1.66. The van der Waals surface area contributed by atoms with Crippen molar-refractivity contribution in [3.05, 3.63) is 29.8 Å². The average molecular weight is 265 g/mol. The summed E-state index contributed by atoms with van der Waals surface area (Å²) < 4.78 is 10.6. The highest BCUT2D eigenvalue weighted by Gasteiger charge is 2.16. The Bertz CT molecular complexity index is 393. The molecule has 1 aromatic rings. The molecule has 4 heteroatoms. The second-order valence-corrected chi connectivity index (χ2v) is 4.30. The summed E-state index contributed by atoms with van der Waals surface area (Å²) in [6, 6.07) is 7.73. The molecular formula is C15H23NO3. The largest absolute Gasteiger partial charge is 0.479 e. The highest BCUT2D eigenvalue weighted by molar-refractivity contribution is 5.74. The number of carbonyl (C=O) groups is 1. The molecule has 0 bridgehead atoms. The van der Waals surface area contributed by atoms with Gasteiger partial charge in [0.2, 0.25) is 0 Å². The monoisotopic (exact) mass is 265 g/mol. The molecule has 1 N–H and O–H groups in total. The van der Waals surface area contributed by atoms with Crippen molar-refractivity contribution in [1.29, 1.82) is 0 Å². The summed E-state index contributed by atoms with van der Waals surface area (Å²) in [6.45, 7) is 7.67. The van der Waals surface area contributed by atoms with Crippen LogP contribution in [0.4, 0.5) is 0 Å². The van der Waals surface area contributed by atoms with Crippen molar-refractivity contribution < 1.29 is 14.3 Å². The van der Waals surface area contributed by atoms with E-state index in [9.17, 15) is 4.79 Å². The smallest absolute Gasteiger partial charge is 0.347 e. The van der Waals surface area contributed by atoms with E-state index in [0.717, 1.165) is 30.8 Å². The summed E-state index contributed by atoms with van der Waals surface area (Å²) >= 11 is 0. The van der Waals surface area contributed by atoms with Gasteiger partial charge in [0.15, 0.2) is 6.10 Å². The Labute approximate surface area is 115 Å². The molecule has 1 rings (SSSR count).